The number of rotatable bonds is 3. The van der Waals surface area contributed by atoms with Gasteiger partial charge in [-0.15, -0.1) is 0 Å². The Labute approximate surface area is 159 Å². The molecule has 0 fully saturated rings. The SMILES string of the molecule is [C-]#[N+]c1c(C(F)(F)F)cc(-c2ccccc2)n(/N=C(\C)c2ccccc2)c1=O. The molecule has 3 rings (SSSR count). The van der Waals surface area contributed by atoms with Crippen LogP contribution in [0.25, 0.3) is 16.1 Å². The largest absolute Gasteiger partial charge is 0.407 e. The van der Waals surface area contributed by atoms with Crippen LogP contribution in [0.5, 0.6) is 0 Å². The van der Waals surface area contributed by atoms with Crippen molar-refractivity contribution in [2.45, 2.75) is 13.1 Å². The van der Waals surface area contributed by atoms with E-state index in [-0.39, 0.29) is 5.69 Å². The number of pyridine rings is 1. The molecule has 0 aliphatic rings. The lowest BCUT2D eigenvalue weighted by Gasteiger charge is -2.15. The van der Waals surface area contributed by atoms with Gasteiger partial charge in [0.2, 0.25) is 0 Å². The van der Waals surface area contributed by atoms with Crippen LogP contribution in [0, 0.1) is 6.57 Å². The van der Waals surface area contributed by atoms with Gasteiger partial charge >= 0.3 is 6.18 Å². The molecule has 140 valence electrons. The van der Waals surface area contributed by atoms with Crippen LogP contribution in [-0.4, -0.2) is 10.4 Å². The predicted molar refractivity (Wildman–Crippen MR) is 101 cm³/mol. The number of benzene rings is 2. The molecule has 1 heterocycles. The highest BCUT2D eigenvalue weighted by Crippen LogP contribution is 2.37. The fourth-order valence-electron chi connectivity index (χ4n) is 2.72. The normalized spacial score (nSPS) is 11.9. The molecule has 0 saturated carbocycles. The number of aromatic nitrogens is 1. The van der Waals surface area contributed by atoms with Gasteiger partial charge in [-0.25, -0.2) is 9.52 Å². The third-order valence-electron chi connectivity index (χ3n) is 4.09. The van der Waals surface area contributed by atoms with Crippen molar-refractivity contribution in [1.82, 2.24) is 4.68 Å². The molecular formula is C21H14F3N3O. The van der Waals surface area contributed by atoms with Gasteiger partial charge in [-0.1, -0.05) is 60.7 Å². The maximum atomic E-state index is 13.4. The van der Waals surface area contributed by atoms with Crippen LogP contribution < -0.4 is 5.56 Å². The first-order valence-electron chi connectivity index (χ1n) is 8.24. The number of hydrogen-bond donors (Lipinski definition) is 0. The molecule has 0 aliphatic carbocycles. The van der Waals surface area contributed by atoms with Gasteiger partial charge in [0.1, 0.15) is 0 Å². The Hall–Kier alpha value is -3.66. The Morgan fingerprint density at radius 3 is 2.14 bits per heavy atom. The topological polar surface area (TPSA) is 38.7 Å². The van der Waals surface area contributed by atoms with Gasteiger partial charge in [-0.3, -0.25) is 4.79 Å². The first-order chi connectivity index (χ1) is 13.3. The van der Waals surface area contributed by atoms with E-state index in [0.29, 0.717) is 16.8 Å². The van der Waals surface area contributed by atoms with Gasteiger partial charge in [0.15, 0.2) is 0 Å². The van der Waals surface area contributed by atoms with E-state index in [1.165, 1.54) is 0 Å². The highest BCUT2D eigenvalue weighted by molar-refractivity contribution is 5.98. The van der Waals surface area contributed by atoms with Crippen molar-refractivity contribution in [2.24, 2.45) is 5.10 Å². The van der Waals surface area contributed by atoms with Crippen LogP contribution in [-0.2, 0) is 6.18 Å². The Morgan fingerprint density at radius 1 is 1.04 bits per heavy atom. The van der Waals surface area contributed by atoms with Crippen molar-refractivity contribution in [1.29, 1.82) is 0 Å². The lowest BCUT2D eigenvalue weighted by Crippen LogP contribution is -2.23. The van der Waals surface area contributed by atoms with Crippen molar-refractivity contribution < 1.29 is 13.2 Å². The third kappa shape index (κ3) is 3.71. The molecule has 28 heavy (non-hydrogen) atoms. The molecule has 7 heteroatoms. The second kappa shape index (κ2) is 7.53. The lowest BCUT2D eigenvalue weighted by molar-refractivity contribution is -0.136. The summed E-state index contributed by atoms with van der Waals surface area (Å²) < 4.78 is 41.2. The van der Waals surface area contributed by atoms with Crippen molar-refractivity contribution in [3.05, 3.63) is 99.6 Å². The summed E-state index contributed by atoms with van der Waals surface area (Å²) in [6, 6.07) is 17.9. The molecule has 0 unspecified atom stereocenters. The average molecular weight is 381 g/mol. The molecule has 4 nitrogen and oxygen atoms in total. The van der Waals surface area contributed by atoms with E-state index in [2.05, 4.69) is 9.95 Å². The van der Waals surface area contributed by atoms with E-state index in [0.717, 1.165) is 10.7 Å². The fraction of sp³-hybridized carbons (Fsp3) is 0.0952. The second-order valence-corrected chi connectivity index (χ2v) is 5.94. The van der Waals surface area contributed by atoms with Gasteiger partial charge in [0.25, 0.3) is 11.2 Å². The number of hydrogen-bond acceptors (Lipinski definition) is 2. The Bertz CT molecular complexity index is 1130. The van der Waals surface area contributed by atoms with E-state index in [4.69, 9.17) is 6.57 Å². The molecule has 0 bridgehead atoms. The van der Waals surface area contributed by atoms with Gasteiger partial charge < -0.3 is 0 Å². The van der Waals surface area contributed by atoms with Gasteiger partial charge in [0, 0.05) is 5.56 Å². The standard InChI is InChI=1S/C21H14F3N3O/c1-14(15-9-5-3-6-10-15)26-27-18(16-11-7-4-8-12-16)13-17(21(22,23)24)19(25-2)20(27)28/h3-13H,1H3/b26-14+. The van der Waals surface area contributed by atoms with E-state index < -0.39 is 23.0 Å². The molecule has 0 radical (unpaired) electrons. The zero-order valence-electron chi connectivity index (χ0n) is 14.7. The van der Waals surface area contributed by atoms with E-state index in [1.54, 1.807) is 61.5 Å². The fourth-order valence-corrected chi connectivity index (χ4v) is 2.72. The molecule has 0 atom stereocenters. The summed E-state index contributed by atoms with van der Waals surface area (Å²) in [6.07, 6.45) is -4.83. The van der Waals surface area contributed by atoms with Crippen LogP contribution in [0.15, 0.2) is 76.6 Å². The summed E-state index contributed by atoms with van der Waals surface area (Å²) in [6.45, 7) is 8.73. The highest BCUT2D eigenvalue weighted by atomic mass is 19.4. The van der Waals surface area contributed by atoms with Gasteiger partial charge in [0.05, 0.1) is 23.5 Å². The third-order valence-corrected chi connectivity index (χ3v) is 4.09. The number of alkyl halides is 3. The van der Waals surface area contributed by atoms with Gasteiger partial charge in [-0.05, 0) is 18.6 Å². The van der Waals surface area contributed by atoms with Crippen molar-refractivity contribution in [3.63, 3.8) is 0 Å². The molecule has 0 amide bonds. The van der Waals surface area contributed by atoms with Crippen molar-refractivity contribution in [2.75, 3.05) is 0 Å². The summed E-state index contributed by atoms with van der Waals surface area (Å²) in [5.74, 6) is 0. The molecule has 1 aromatic heterocycles. The first-order valence-corrected chi connectivity index (χ1v) is 8.24. The minimum absolute atomic E-state index is 0.0411. The number of nitrogens with zero attached hydrogens (tertiary/aromatic N) is 3. The minimum Gasteiger partial charge on any atom is -0.281 e. The smallest absolute Gasteiger partial charge is 0.281 e. The van der Waals surface area contributed by atoms with Crippen LogP contribution in [0.1, 0.15) is 18.1 Å². The van der Waals surface area contributed by atoms with Gasteiger partial charge in [-0.2, -0.15) is 18.3 Å². The summed E-state index contributed by atoms with van der Waals surface area (Å²) in [4.78, 5) is 15.6. The quantitative estimate of drug-likeness (QED) is 0.445. The Kier molecular flexibility index (Phi) is 5.14. The summed E-state index contributed by atoms with van der Waals surface area (Å²) >= 11 is 0. The van der Waals surface area contributed by atoms with E-state index in [1.807, 2.05) is 6.07 Å². The predicted octanol–water partition coefficient (Wildman–Crippen LogP) is 5.36. The average Bonchev–Trinajstić information content (AvgIpc) is 2.69. The van der Waals surface area contributed by atoms with Crippen LogP contribution >= 0.6 is 0 Å². The summed E-state index contributed by atoms with van der Waals surface area (Å²) in [7, 11) is 0. The molecule has 3 aromatic rings. The van der Waals surface area contributed by atoms with Crippen LogP contribution in [0.3, 0.4) is 0 Å². The minimum atomic E-state index is -4.83. The molecular weight excluding hydrogens is 367 g/mol. The van der Waals surface area contributed by atoms with Crippen molar-refractivity contribution >= 4 is 11.4 Å². The lowest BCUT2D eigenvalue weighted by atomic mass is 10.1. The van der Waals surface area contributed by atoms with E-state index in [9.17, 15) is 18.0 Å². The maximum Gasteiger partial charge on any atom is 0.407 e. The summed E-state index contributed by atoms with van der Waals surface area (Å²) in [5.41, 5.74) is -1.91. The zero-order chi connectivity index (χ0) is 20.3. The molecule has 0 aliphatic heterocycles. The molecule has 0 spiro atoms. The number of halogens is 3. The Morgan fingerprint density at radius 2 is 1.61 bits per heavy atom. The second-order valence-electron chi connectivity index (χ2n) is 5.94. The monoisotopic (exact) mass is 381 g/mol. The Balaban J connectivity index is 2.35. The van der Waals surface area contributed by atoms with E-state index >= 15 is 0 Å². The van der Waals surface area contributed by atoms with Crippen LogP contribution in [0.2, 0.25) is 0 Å². The summed E-state index contributed by atoms with van der Waals surface area (Å²) in [5, 5.41) is 4.25. The van der Waals surface area contributed by atoms with Crippen molar-refractivity contribution in [3.8, 4) is 11.3 Å². The molecule has 0 saturated heterocycles. The first kappa shape index (κ1) is 19.1. The molecule has 0 N–H and O–H groups in total. The maximum absolute atomic E-state index is 13.4. The molecule has 2 aromatic carbocycles. The zero-order valence-corrected chi connectivity index (χ0v) is 14.7. The highest BCUT2D eigenvalue weighted by Gasteiger charge is 2.36. The van der Waals surface area contributed by atoms with Crippen LogP contribution in [0.4, 0.5) is 18.9 Å².